The first-order chi connectivity index (χ1) is 8.35. The molecule has 0 radical (unpaired) electrons. The molecule has 0 atom stereocenters. The molecule has 1 saturated heterocycles. The predicted octanol–water partition coefficient (Wildman–Crippen LogP) is 1.58. The number of thiocarbonyl (C=S) groups is 1. The second kappa shape index (κ2) is 6.14. The molecule has 4 nitrogen and oxygen atoms in total. The zero-order valence-corrected chi connectivity index (χ0v) is 10.5. The van der Waals surface area contributed by atoms with Gasteiger partial charge in [0.2, 0.25) is 0 Å². The van der Waals surface area contributed by atoms with Crippen LogP contribution in [-0.4, -0.2) is 42.4 Å². The van der Waals surface area contributed by atoms with Crippen LogP contribution in [0.25, 0.3) is 0 Å². The number of nitrogens with one attached hydrogen (secondary N) is 1. The van der Waals surface area contributed by atoms with Crippen molar-refractivity contribution in [3.8, 4) is 0 Å². The van der Waals surface area contributed by atoms with E-state index in [0.717, 1.165) is 6.08 Å². The normalized spacial score (nSPS) is 18.7. The number of hydrogen-bond donors (Lipinski definition) is 1. The summed E-state index contributed by atoms with van der Waals surface area (Å²) in [5, 5.41) is 2.61. The summed E-state index contributed by atoms with van der Waals surface area (Å²) in [4.78, 5) is 13.0. The van der Waals surface area contributed by atoms with Crippen molar-refractivity contribution in [3.05, 3.63) is 11.8 Å². The summed E-state index contributed by atoms with van der Waals surface area (Å²) in [6, 6.07) is 0. The Morgan fingerprint density at radius 3 is 2.72 bits per heavy atom. The van der Waals surface area contributed by atoms with Gasteiger partial charge in [-0.2, -0.15) is 13.2 Å². The van der Waals surface area contributed by atoms with Crippen LogP contribution in [0.4, 0.5) is 13.2 Å². The molecule has 102 valence electrons. The average molecular weight is 282 g/mol. The van der Waals surface area contributed by atoms with Crippen LogP contribution < -0.4 is 5.32 Å². The van der Waals surface area contributed by atoms with Crippen molar-refractivity contribution in [2.45, 2.75) is 19.0 Å². The predicted molar refractivity (Wildman–Crippen MR) is 62.7 cm³/mol. The Hall–Kier alpha value is -1.15. The number of halogens is 3. The first-order valence-electron chi connectivity index (χ1n) is 5.24. The van der Waals surface area contributed by atoms with Gasteiger partial charge in [0.25, 0.3) is 5.91 Å². The lowest BCUT2D eigenvalue weighted by Gasteiger charge is -2.12. The molecule has 1 fully saturated rings. The van der Waals surface area contributed by atoms with Crippen LogP contribution in [0.2, 0.25) is 0 Å². The maximum atomic E-state index is 12.0. The molecule has 1 aliphatic heterocycles. The molecule has 1 heterocycles. The molecule has 0 bridgehead atoms. The van der Waals surface area contributed by atoms with Gasteiger partial charge in [0, 0.05) is 20.3 Å². The van der Waals surface area contributed by atoms with Crippen molar-refractivity contribution in [2.75, 3.05) is 20.3 Å². The van der Waals surface area contributed by atoms with Gasteiger partial charge in [-0.05, 0) is 24.7 Å². The molecule has 0 unspecified atom stereocenters. The van der Waals surface area contributed by atoms with E-state index in [1.54, 1.807) is 0 Å². The van der Waals surface area contributed by atoms with Crippen LogP contribution in [0.5, 0.6) is 0 Å². The van der Waals surface area contributed by atoms with Gasteiger partial charge in [-0.1, -0.05) is 0 Å². The van der Waals surface area contributed by atoms with Gasteiger partial charge in [0.15, 0.2) is 5.11 Å². The Kier molecular flexibility index (Phi) is 5.09. The number of amides is 1. The van der Waals surface area contributed by atoms with Crippen LogP contribution in [0.15, 0.2) is 11.8 Å². The molecular formula is C10H13F3N2O2S. The average Bonchev–Trinajstić information content (AvgIpc) is 2.53. The van der Waals surface area contributed by atoms with Gasteiger partial charge in [-0.25, -0.2) is 0 Å². The second-order valence-electron chi connectivity index (χ2n) is 3.67. The summed E-state index contributed by atoms with van der Waals surface area (Å²) in [5.74, 6) is -0.527. The number of carbonyl (C=O) groups excluding carboxylic acids is 1. The van der Waals surface area contributed by atoms with Crippen LogP contribution in [0.3, 0.4) is 0 Å². The minimum absolute atomic E-state index is 0.116. The lowest BCUT2D eigenvalue weighted by atomic mass is 10.3. The standard InChI is InChI=1S/C10H13F3N2O2S/c1-17-6-2-5-15-8(16)7(14-9(15)18)3-4-10(11,12)13/h3H,2,4-6H2,1H3,(H,14,18)/b7-3+. The lowest BCUT2D eigenvalue weighted by Crippen LogP contribution is -2.32. The Morgan fingerprint density at radius 1 is 1.50 bits per heavy atom. The molecule has 1 aliphatic rings. The summed E-state index contributed by atoms with van der Waals surface area (Å²) in [6.45, 7) is 0.774. The smallest absolute Gasteiger partial charge is 0.385 e. The summed E-state index contributed by atoms with van der Waals surface area (Å²) in [5.41, 5.74) is -0.116. The Balaban J connectivity index is 2.60. The van der Waals surface area contributed by atoms with Gasteiger partial charge < -0.3 is 10.1 Å². The van der Waals surface area contributed by atoms with Crippen molar-refractivity contribution in [2.24, 2.45) is 0 Å². The Bertz CT molecular complexity index is 369. The number of rotatable bonds is 5. The van der Waals surface area contributed by atoms with Crippen LogP contribution in [0.1, 0.15) is 12.8 Å². The SMILES string of the molecule is COCCCN1C(=O)/C(=C\CC(F)(F)F)NC1=S. The monoisotopic (exact) mass is 282 g/mol. The highest BCUT2D eigenvalue weighted by Crippen LogP contribution is 2.22. The van der Waals surface area contributed by atoms with Gasteiger partial charge in [-0.3, -0.25) is 9.69 Å². The Morgan fingerprint density at radius 2 is 2.17 bits per heavy atom. The van der Waals surface area contributed by atoms with Gasteiger partial charge >= 0.3 is 6.18 Å². The Labute approximate surface area is 108 Å². The zero-order chi connectivity index (χ0) is 13.8. The van der Waals surface area contributed by atoms with Crippen LogP contribution >= 0.6 is 12.2 Å². The fourth-order valence-corrected chi connectivity index (χ4v) is 1.68. The molecule has 0 aliphatic carbocycles. The third kappa shape index (κ3) is 4.26. The highest BCUT2D eigenvalue weighted by Gasteiger charge is 2.32. The van der Waals surface area contributed by atoms with Crippen LogP contribution in [-0.2, 0) is 9.53 Å². The minimum Gasteiger partial charge on any atom is -0.385 e. The van der Waals surface area contributed by atoms with E-state index in [1.807, 2.05) is 0 Å². The summed E-state index contributed by atoms with van der Waals surface area (Å²) in [7, 11) is 1.52. The molecule has 1 rings (SSSR count). The minimum atomic E-state index is -4.33. The highest BCUT2D eigenvalue weighted by molar-refractivity contribution is 7.80. The molecule has 8 heteroatoms. The number of alkyl halides is 3. The first kappa shape index (κ1) is 14.9. The largest absolute Gasteiger partial charge is 0.392 e. The topological polar surface area (TPSA) is 41.6 Å². The van der Waals surface area contributed by atoms with E-state index in [9.17, 15) is 18.0 Å². The molecule has 0 aromatic rings. The highest BCUT2D eigenvalue weighted by atomic mass is 32.1. The summed E-state index contributed by atoms with van der Waals surface area (Å²) < 4.78 is 40.9. The first-order valence-corrected chi connectivity index (χ1v) is 5.64. The van der Waals surface area contributed by atoms with Gasteiger partial charge in [0.1, 0.15) is 5.70 Å². The molecule has 18 heavy (non-hydrogen) atoms. The number of ether oxygens (including phenoxy) is 1. The second-order valence-corrected chi connectivity index (χ2v) is 4.06. The van der Waals surface area contributed by atoms with Crippen molar-refractivity contribution in [3.63, 3.8) is 0 Å². The lowest BCUT2D eigenvalue weighted by molar-refractivity contribution is -0.125. The zero-order valence-electron chi connectivity index (χ0n) is 9.71. The van der Waals surface area contributed by atoms with E-state index in [1.165, 1.54) is 12.0 Å². The van der Waals surface area contributed by atoms with E-state index in [2.05, 4.69) is 5.32 Å². The number of allylic oxidation sites excluding steroid dienone is 1. The third-order valence-electron chi connectivity index (χ3n) is 2.23. The van der Waals surface area contributed by atoms with Crippen molar-refractivity contribution < 1.29 is 22.7 Å². The summed E-state index contributed by atoms with van der Waals surface area (Å²) >= 11 is 4.88. The van der Waals surface area contributed by atoms with E-state index in [4.69, 9.17) is 17.0 Å². The number of nitrogens with zero attached hydrogens (tertiary/aromatic N) is 1. The molecule has 1 N–H and O–H groups in total. The maximum absolute atomic E-state index is 12.0. The molecule has 0 spiro atoms. The third-order valence-corrected chi connectivity index (χ3v) is 2.55. The fourth-order valence-electron chi connectivity index (χ4n) is 1.40. The number of carbonyl (C=O) groups is 1. The van der Waals surface area contributed by atoms with Gasteiger partial charge in [-0.15, -0.1) is 0 Å². The maximum Gasteiger partial charge on any atom is 0.392 e. The van der Waals surface area contributed by atoms with Crippen molar-refractivity contribution in [1.82, 2.24) is 10.2 Å². The molecule has 1 amide bonds. The quantitative estimate of drug-likeness (QED) is 0.472. The van der Waals surface area contributed by atoms with Crippen molar-refractivity contribution >= 4 is 23.2 Å². The van der Waals surface area contributed by atoms with Crippen LogP contribution in [0, 0.1) is 0 Å². The molecule has 0 saturated carbocycles. The number of hydrogen-bond acceptors (Lipinski definition) is 3. The van der Waals surface area contributed by atoms with Gasteiger partial charge in [0.05, 0.1) is 6.42 Å². The molecular weight excluding hydrogens is 269 g/mol. The van der Waals surface area contributed by atoms with Crippen molar-refractivity contribution in [1.29, 1.82) is 0 Å². The fraction of sp³-hybridized carbons (Fsp3) is 0.600. The molecule has 0 aromatic heterocycles. The number of methoxy groups -OCH3 is 1. The summed E-state index contributed by atoms with van der Waals surface area (Å²) in [6.07, 6.45) is -4.11. The molecule has 0 aromatic carbocycles. The van der Waals surface area contributed by atoms with E-state index >= 15 is 0 Å². The van der Waals surface area contributed by atoms with E-state index < -0.39 is 18.5 Å². The van der Waals surface area contributed by atoms with E-state index in [0.29, 0.717) is 19.6 Å². The van der Waals surface area contributed by atoms with E-state index in [-0.39, 0.29) is 10.8 Å².